The highest BCUT2D eigenvalue weighted by Gasteiger charge is 2.27. The molecule has 0 aliphatic carbocycles. The van der Waals surface area contributed by atoms with Crippen LogP contribution in [-0.4, -0.2) is 59.3 Å². The Morgan fingerprint density at radius 2 is 2.03 bits per heavy atom. The molecule has 4 heterocycles. The van der Waals surface area contributed by atoms with E-state index in [0.717, 1.165) is 41.8 Å². The molecule has 3 aromatic rings. The van der Waals surface area contributed by atoms with E-state index in [2.05, 4.69) is 33.0 Å². The number of halogens is 2. The van der Waals surface area contributed by atoms with E-state index in [9.17, 15) is 9.59 Å². The number of nitrogens with zero attached hydrogens (tertiary/aromatic N) is 3. The molecule has 0 radical (unpaired) electrons. The number of anilines is 1. The number of amides is 2. The van der Waals surface area contributed by atoms with Gasteiger partial charge in [0.25, 0.3) is 5.91 Å². The van der Waals surface area contributed by atoms with Crippen molar-refractivity contribution in [2.45, 2.75) is 25.9 Å². The van der Waals surface area contributed by atoms with Gasteiger partial charge in [-0.1, -0.05) is 19.4 Å². The van der Waals surface area contributed by atoms with Crippen molar-refractivity contribution in [2.75, 3.05) is 32.1 Å². The molecule has 0 unspecified atom stereocenters. The molecule has 1 saturated heterocycles. The summed E-state index contributed by atoms with van der Waals surface area (Å²) in [5, 5.41) is 14.1. The van der Waals surface area contributed by atoms with Gasteiger partial charge >= 0.3 is 0 Å². The second-order valence-corrected chi connectivity index (χ2v) is 8.18. The Kier molecular flexibility index (Phi) is 11.1. The van der Waals surface area contributed by atoms with Crippen LogP contribution in [0.15, 0.2) is 36.8 Å². The maximum absolute atomic E-state index is 12.1. The van der Waals surface area contributed by atoms with Crippen molar-refractivity contribution in [3.05, 3.63) is 48.0 Å². The zero-order valence-corrected chi connectivity index (χ0v) is 24.3. The number of methoxy groups -OCH3 is 1. The lowest BCUT2D eigenvalue weighted by Crippen LogP contribution is -2.30. The van der Waals surface area contributed by atoms with Crippen LogP contribution in [0.2, 0.25) is 0 Å². The van der Waals surface area contributed by atoms with Gasteiger partial charge in [-0.25, -0.2) is 4.52 Å². The first-order valence-electron chi connectivity index (χ1n) is 11.0. The summed E-state index contributed by atoms with van der Waals surface area (Å²) < 4.78 is 6.55. The van der Waals surface area contributed by atoms with Crippen LogP contribution in [0.3, 0.4) is 0 Å². The minimum atomic E-state index is -0.518. The quantitative estimate of drug-likeness (QED) is 0.251. The molecule has 1 aliphatic heterocycles. The lowest BCUT2D eigenvalue weighted by molar-refractivity contribution is -0.124. The summed E-state index contributed by atoms with van der Waals surface area (Å²) in [5.41, 5.74) is 10.0. The van der Waals surface area contributed by atoms with E-state index < -0.39 is 5.91 Å². The molecule has 3 aromatic heterocycles. The second-order valence-electron chi connectivity index (χ2n) is 8.18. The average molecular weight is 707 g/mol. The molecule has 0 spiro atoms. The number of hydrogen-bond acceptors (Lipinski definition) is 7. The molecule has 190 valence electrons. The molecule has 0 bridgehead atoms. The fourth-order valence-electron chi connectivity index (χ4n) is 4.14. The highest BCUT2D eigenvalue weighted by Crippen LogP contribution is 2.30. The molecule has 35 heavy (non-hydrogen) atoms. The summed E-state index contributed by atoms with van der Waals surface area (Å²) in [6, 6.07) is 5.98. The number of nitrogens with one attached hydrogen (secondary N) is 3. The van der Waals surface area contributed by atoms with Crippen LogP contribution < -0.4 is 21.7 Å². The van der Waals surface area contributed by atoms with Gasteiger partial charge < -0.3 is 26.4 Å². The molecule has 2 amide bonds. The SMILES string of the molecule is CC[C@H]1CNC[C@H]1Nc1c(C(N)=O)cnn2cc(-c3ccc(CNC(=O)COC)nc3)cc12.I.I. The third kappa shape index (κ3) is 6.80. The molecule has 10 nitrogen and oxygen atoms in total. The highest BCUT2D eigenvalue weighted by molar-refractivity contribution is 14.0. The first-order chi connectivity index (χ1) is 16.0. The van der Waals surface area contributed by atoms with E-state index >= 15 is 0 Å². The van der Waals surface area contributed by atoms with E-state index in [-0.39, 0.29) is 66.5 Å². The average Bonchev–Trinajstić information content (AvgIpc) is 3.45. The zero-order valence-electron chi connectivity index (χ0n) is 19.6. The molecular formula is C23H31I2N7O3. The van der Waals surface area contributed by atoms with Crippen LogP contribution in [-0.2, 0) is 16.1 Å². The summed E-state index contributed by atoms with van der Waals surface area (Å²) in [4.78, 5) is 28.1. The van der Waals surface area contributed by atoms with E-state index in [1.54, 1.807) is 10.7 Å². The van der Waals surface area contributed by atoms with Gasteiger partial charge in [-0.15, -0.1) is 48.0 Å². The Morgan fingerprint density at radius 3 is 2.69 bits per heavy atom. The van der Waals surface area contributed by atoms with E-state index in [1.165, 1.54) is 13.3 Å². The second kappa shape index (κ2) is 13.3. The summed E-state index contributed by atoms with van der Waals surface area (Å²) in [6.07, 6.45) is 6.19. The molecule has 5 N–H and O–H groups in total. The van der Waals surface area contributed by atoms with Gasteiger partial charge in [0.15, 0.2) is 0 Å². The van der Waals surface area contributed by atoms with Crippen molar-refractivity contribution >= 4 is 71.0 Å². The molecule has 12 heteroatoms. The van der Waals surface area contributed by atoms with Gasteiger partial charge in [-0.05, 0) is 18.1 Å². The number of carbonyl (C=O) groups excluding carboxylic acids is 2. The summed E-state index contributed by atoms with van der Waals surface area (Å²) in [7, 11) is 1.48. The fourth-order valence-corrected chi connectivity index (χ4v) is 4.14. The Morgan fingerprint density at radius 1 is 1.23 bits per heavy atom. The normalized spacial score (nSPS) is 16.9. The Bertz CT molecular complexity index is 1150. The van der Waals surface area contributed by atoms with Crippen molar-refractivity contribution in [3.8, 4) is 11.1 Å². The lowest BCUT2D eigenvalue weighted by atomic mass is 10.00. The maximum atomic E-state index is 12.1. The molecule has 4 rings (SSSR count). The Balaban J connectivity index is 0.00000216. The molecule has 1 aliphatic rings. The first-order valence-corrected chi connectivity index (χ1v) is 11.0. The first kappa shape index (κ1) is 29.2. The number of pyridine rings is 1. The lowest BCUT2D eigenvalue weighted by Gasteiger charge is -2.21. The van der Waals surface area contributed by atoms with Crippen LogP contribution in [0, 0.1) is 5.92 Å². The number of fused-ring (bicyclic) bond motifs is 1. The van der Waals surface area contributed by atoms with E-state index in [4.69, 9.17) is 10.5 Å². The minimum absolute atomic E-state index is 0. The van der Waals surface area contributed by atoms with Crippen LogP contribution in [0.4, 0.5) is 5.69 Å². The van der Waals surface area contributed by atoms with Gasteiger partial charge in [0.05, 0.1) is 35.2 Å². The standard InChI is InChI=1S/C23H29N7O3.2HI/c1-3-14-7-25-11-19(14)29-22-18(23(24)32)10-28-30-12-16(6-20(22)30)15-4-5-17(26-8-15)9-27-21(31)13-33-2;;/h4-6,8,10,12,14,19,25,29H,3,7,9,11,13H2,1-2H3,(H2,24,32)(H,27,31);2*1H/t14-,19+;;/m0../s1. The number of rotatable bonds is 9. The number of ether oxygens (including phenoxy) is 1. The van der Waals surface area contributed by atoms with Crippen molar-refractivity contribution in [3.63, 3.8) is 0 Å². The van der Waals surface area contributed by atoms with Gasteiger partial charge in [0.1, 0.15) is 6.61 Å². The Labute approximate surface area is 238 Å². The van der Waals surface area contributed by atoms with Crippen LogP contribution in [0.1, 0.15) is 29.4 Å². The zero-order chi connectivity index (χ0) is 23.4. The monoisotopic (exact) mass is 707 g/mol. The third-order valence-corrected chi connectivity index (χ3v) is 6.00. The maximum Gasteiger partial charge on any atom is 0.252 e. The predicted molar refractivity (Wildman–Crippen MR) is 156 cm³/mol. The van der Waals surface area contributed by atoms with Crippen LogP contribution in [0.25, 0.3) is 16.6 Å². The topological polar surface area (TPSA) is 136 Å². The van der Waals surface area contributed by atoms with Gasteiger partial charge in [0, 0.05) is 49.8 Å². The Hall–Kier alpha value is -2.04. The molecule has 2 atom stereocenters. The van der Waals surface area contributed by atoms with E-state index in [0.29, 0.717) is 23.7 Å². The number of nitrogens with two attached hydrogens (primary N) is 1. The number of aromatic nitrogens is 3. The highest BCUT2D eigenvalue weighted by atomic mass is 127. The molecular weight excluding hydrogens is 676 g/mol. The van der Waals surface area contributed by atoms with Crippen molar-refractivity contribution < 1.29 is 14.3 Å². The number of hydrogen-bond donors (Lipinski definition) is 4. The third-order valence-electron chi connectivity index (χ3n) is 6.00. The number of carbonyl (C=O) groups is 2. The molecule has 0 saturated carbocycles. The van der Waals surface area contributed by atoms with Crippen molar-refractivity contribution in [1.82, 2.24) is 25.2 Å². The van der Waals surface area contributed by atoms with Crippen LogP contribution in [0.5, 0.6) is 0 Å². The largest absolute Gasteiger partial charge is 0.378 e. The molecule has 1 fully saturated rings. The van der Waals surface area contributed by atoms with Crippen molar-refractivity contribution in [1.29, 1.82) is 0 Å². The smallest absolute Gasteiger partial charge is 0.252 e. The predicted octanol–water partition coefficient (Wildman–Crippen LogP) is 2.40. The molecule has 0 aromatic carbocycles. The summed E-state index contributed by atoms with van der Waals surface area (Å²) in [6.45, 7) is 4.27. The van der Waals surface area contributed by atoms with Crippen LogP contribution >= 0.6 is 48.0 Å². The summed E-state index contributed by atoms with van der Waals surface area (Å²) in [5.74, 6) is -0.244. The van der Waals surface area contributed by atoms with Gasteiger partial charge in [-0.2, -0.15) is 5.10 Å². The summed E-state index contributed by atoms with van der Waals surface area (Å²) >= 11 is 0. The minimum Gasteiger partial charge on any atom is -0.378 e. The van der Waals surface area contributed by atoms with Gasteiger partial charge in [0.2, 0.25) is 5.91 Å². The van der Waals surface area contributed by atoms with Crippen molar-refractivity contribution in [2.24, 2.45) is 11.7 Å². The fraction of sp³-hybridized carbons (Fsp3) is 0.391. The van der Waals surface area contributed by atoms with E-state index in [1.807, 2.05) is 24.4 Å². The van der Waals surface area contributed by atoms with Gasteiger partial charge in [-0.3, -0.25) is 14.6 Å². The number of primary amides is 1.